The fraction of sp³-hybridized carbons (Fsp3) is 0.400. The smallest absolute Gasteiger partial charge is 0.267 e. The average Bonchev–Trinajstić information content (AvgIpc) is 3.04. The van der Waals surface area contributed by atoms with Crippen LogP contribution in [0.15, 0.2) is 53.3 Å². The van der Waals surface area contributed by atoms with Crippen molar-refractivity contribution in [1.82, 2.24) is 14.8 Å². The van der Waals surface area contributed by atoms with Gasteiger partial charge in [-0.25, -0.2) is 9.69 Å². The molecule has 0 spiro atoms. The zero-order valence-electron chi connectivity index (χ0n) is 15.2. The van der Waals surface area contributed by atoms with Gasteiger partial charge < -0.3 is 0 Å². The number of hydrogen-bond donors (Lipinski definition) is 0. The lowest BCUT2D eigenvalue weighted by atomic mass is 10.2. The van der Waals surface area contributed by atoms with Gasteiger partial charge in [-0.1, -0.05) is 31.5 Å². The molecule has 2 heterocycles. The average molecular weight is 338 g/mol. The predicted octanol–water partition coefficient (Wildman–Crippen LogP) is 3.70. The Labute approximate surface area is 149 Å². The van der Waals surface area contributed by atoms with E-state index in [1.807, 2.05) is 38.1 Å². The fourth-order valence-electron chi connectivity index (χ4n) is 3.06. The number of nitrogens with zero attached hydrogens (tertiary/aromatic N) is 4. The van der Waals surface area contributed by atoms with E-state index in [1.54, 1.807) is 10.7 Å². The topological polar surface area (TPSA) is 41.4 Å². The molecule has 0 bridgehead atoms. The van der Waals surface area contributed by atoms with Gasteiger partial charge in [-0.2, -0.15) is 5.10 Å². The van der Waals surface area contributed by atoms with Crippen molar-refractivity contribution in [2.45, 2.75) is 39.7 Å². The van der Waals surface area contributed by atoms with Crippen molar-refractivity contribution in [1.29, 1.82) is 0 Å². The Morgan fingerprint density at radius 1 is 1.12 bits per heavy atom. The van der Waals surface area contributed by atoms with Crippen molar-refractivity contribution in [2.24, 2.45) is 0 Å². The van der Waals surface area contributed by atoms with E-state index in [-0.39, 0.29) is 11.6 Å². The second-order valence-corrected chi connectivity index (χ2v) is 6.60. The van der Waals surface area contributed by atoms with Crippen LogP contribution in [0.1, 0.15) is 45.3 Å². The van der Waals surface area contributed by atoms with Gasteiger partial charge in [0.25, 0.3) is 5.56 Å². The first-order chi connectivity index (χ1) is 12.1. The minimum absolute atomic E-state index is 0.0378. The quantitative estimate of drug-likeness (QED) is 0.805. The summed E-state index contributed by atoms with van der Waals surface area (Å²) in [6.07, 6.45) is 4.49. The van der Waals surface area contributed by atoms with Gasteiger partial charge in [-0.05, 0) is 44.5 Å². The Hall–Kier alpha value is -2.40. The van der Waals surface area contributed by atoms with Crippen LogP contribution in [0.2, 0.25) is 0 Å². The van der Waals surface area contributed by atoms with Gasteiger partial charge in [0.2, 0.25) is 0 Å². The summed E-state index contributed by atoms with van der Waals surface area (Å²) in [7, 11) is 0. The normalized spacial score (nSPS) is 15.0. The Morgan fingerprint density at radius 3 is 2.56 bits per heavy atom. The maximum Gasteiger partial charge on any atom is 0.267 e. The summed E-state index contributed by atoms with van der Waals surface area (Å²) in [5.41, 5.74) is 2.92. The lowest BCUT2D eigenvalue weighted by Gasteiger charge is -2.32. The molecule has 0 unspecified atom stereocenters. The van der Waals surface area contributed by atoms with Crippen LogP contribution in [0, 0.1) is 0 Å². The molecule has 25 heavy (non-hydrogen) atoms. The van der Waals surface area contributed by atoms with E-state index in [0.29, 0.717) is 0 Å². The Morgan fingerprint density at radius 2 is 1.88 bits per heavy atom. The van der Waals surface area contributed by atoms with Gasteiger partial charge in [0.1, 0.15) is 5.69 Å². The third-order valence-electron chi connectivity index (χ3n) is 4.35. The first-order valence-electron chi connectivity index (χ1n) is 9.02. The molecule has 1 aromatic heterocycles. The highest BCUT2D eigenvalue weighted by molar-refractivity contribution is 5.78. The summed E-state index contributed by atoms with van der Waals surface area (Å²) >= 11 is 0. The molecule has 2 aromatic rings. The van der Waals surface area contributed by atoms with Crippen molar-refractivity contribution in [3.63, 3.8) is 0 Å². The zero-order valence-corrected chi connectivity index (χ0v) is 15.2. The summed E-state index contributed by atoms with van der Waals surface area (Å²) in [5.74, 6) is 0. The maximum absolute atomic E-state index is 12.0. The van der Waals surface area contributed by atoms with E-state index in [9.17, 15) is 4.79 Å². The van der Waals surface area contributed by atoms with Crippen LogP contribution < -0.4 is 10.6 Å². The van der Waals surface area contributed by atoms with Gasteiger partial charge in [0.15, 0.2) is 0 Å². The Balaban J connectivity index is 1.99. The van der Waals surface area contributed by atoms with Gasteiger partial charge in [0.05, 0.1) is 17.4 Å². The molecule has 0 aliphatic carbocycles. The second kappa shape index (κ2) is 7.66. The third kappa shape index (κ3) is 3.66. The molecule has 1 aliphatic rings. The molecule has 0 fully saturated rings. The van der Waals surface area contributed by atoms with Crippen molar-refractivity contribution in [3.8, 4) is 0 Å². The molecular weight excluding hydrogens is 312 g/mol. The van der Waals surface area contributed by atoms with E-state index < -0.39 is 0 Å². The number of anilines is 1. The van der Waals surface area contributed by atoms with Gasteiger partial charge in [0, 0.05) is 19.2 Å². The minimum atomic E-state index is -0.0635. The summed E-state index contributed by atoms with van der Waals surface area (Å²) in [6.45, 7) is 8.01. The molecule has 0 saturated heterocycles. The van der Waals surface area contributed by atoms with Crippen molar-refractivity contribution >= 4 is 11.4 Å². The fourth-order valence-corrected chi connectivity index (χ4v) is 3.06. The van der Waals surface area contributed by atoms with E-state index in [0.717, 1.165) is 43.0 Å². The summed E-state index contributed by atoms with van der Waals surface area (Å²) in [5, 5.41) is 9.18. The van der Waals surface area contributed by atoms with E-state index in [4.69, 9.17) is 0 Å². The van der Waals surface area contributed by atoms with Crippen molar-refractivity contribution < 1.29 is 0 Å². The number of aromatic nitrogens is 2. The molecule has 5 heteroatoms. The number of para-hydroxylation sites is 1. The first-order valence-corrected chi connectivity index (χ1v) is 9.02. The van der Waals surface area contributed by atoms with Crippen molar-refractivity contribution in [2.75, 3.05) is 18.1 Å². The zero-order chi connectivity index (χ0) is 17.8. The maximum atomic E-state index is 12.0. The lowest BCUT2D eigenvalue weighted by molar-refractivity contribution is 0.319. The minimum Gasteiger partial charge on any atom is -0.272 e. The standard InChI is InChI=1S/C20H26N4O/c1-4-5-14-22-15-13-19(24(22)17-9-7-6-8-10-17)18-11-12-20(25)23(21-18)16(2)3/h6-13,16H,4-5,14-15H2,1-3H3. The molecular formula is C20H26N4O. The molecule has 0 saturated carbocycles. The molecule has 1 aliphatic heterocycles. The largest absolute Gasteiger partial charge is 0.272 e. The molecule has 0 amide bonds. The Bertz CT molecular complexity index is 795. The number of hydrazine groups is 1. The van der Waals surface area contributed by atoms with Crippen LogP contribution in [-0.2, 0) is 0 Å². The first kappa shape index (κ1) is 17.4. The van der Waals surface area contributed by atoms with Crippen LogP contribution in [0.5, 0.6) is 0 Å². The highest BCUT2D eigenvalue weighted by Crippen LogP contribution is 2.31. The third-order valence-corrected chi connectivity index (χ3v) is 4.35. The van der Waals surface area contributed by atoms with Gasteiger partial charge in [-0.3, -0.25) is 9.80 Å². The number of rotatable bonds is 6. The molecule has 3 rings (SSSR count). The summed E-state index contributed by atoms with van der Waals surface area (Å²) < 4.78 is 1.55. The van der Waals surface area contributed by atoms with Gasteiger partial charge >= 0.3 is 0 Å². The van der Waals surface area contributed by atoms with Crippen molar-refractivity contribution in [3.05, 3.63) is 64.6 Å². The summed E-state index contributed by atoms with van der Waals surface area (Å²) in [6, 6.07) is 13.8. The highest BCUT2D eigenvalue weighted by Gasteiger charge is 2.27. The molecule has 0 radical (unpaired) electrons. The SMILES string of the molecule is CCCCN1CC=C(c2ccc(=O)n(C(C)C)n2)N1c1ccccc1. The van der Waals surface area contributed by atoms with E-state index in [2.05, 4.69) is 40.2 Å². The van der Waals surface area contributed by atoms with Gasteiger partial charge in [-0.15, -0.1) is 0 Å². The van der Waals surface area contributed by atoms with Crippen LogP contribution in [0.4, 0.5) is 5.69 Å². The number of unbranched alkanes of at least 4 members (excludes halogenated alkanes) is 1. The molecule has 132 valence electrons. The lowest BCUT2D eigenvalue weighted by Crippen LogP contribution is -2.38. The van der Waals surface area contributed by atoms with Crippen LogP contribution in [-0.4, -0.2) is 27.9 Å². The number of benzene rings is 1. The highest BCUT2D eigenvalue weighted by atomic mass is 16.1. The summed E-state index contributed by atoms with van der Waals surface area (Å²) in [4.78, 5) is 12.0. The predicted molar refractivity (Wildman–Crippen MR) is 102 cm³/mol. The molecule has 0 atom stereocenters. The monoisotopic (exact) mass is 338 g/mol. The van der Waals surface area contributed by atoms with Crippen LogP contribution in [0.25, 0.3) is 5.70 Å². The van der Waals surface area contributed by atoms with Crippen LogP contribution >= 0.6 is 0 Å². The Kier molecular flexibility index (Phi) is 5.34. The second-order valence-electron chi connectivity index (χ2n) is 6.60. The van der Waals surface area contributed by atoms with E-state index in [1.165, 1.54) is 0 Å². The molecule has 5 nitrogen and oxygen atoms in total. The molecule has 0 N–H and O–H groups in total. The molecule has 1 aromatic carbocycles. The number of hydrogen-bond acceptors (Lipinski definition) is 4. The van der Waals surface area contributed by atoms with Crippen LogP contribution in [0.3, 0.4) is 0 Å². The van der Waals surface area contributed by atoms with E-state index >= 15 is 0 Å².